The lowest BCUT2D eigenvalue weighted by molar-refractivity contribution is 0.00706. The van der Waals surface area contributed by atoms with Gasteiger partial charge in [-0.1, -0.05) is 22.8 Å². The van der Waals surface area contributed by atoms with Gasteiger partial charge < -0.3 is 33.6 Å². The van der Waals surface area contributed by atoms with E-state index in [4.69, 9.17) is 35.1 Å². The Labute approximate surface area is 221 Å². The molecule has 1 aliphatic carbocycles. The van der Waals surface area contributed by atoms with E-state index in [1.807, 2.05) is 19.9 Å². The van der Waals surface area contributed by atoms with Crippen LogP contribution in [0, 0.1) is 19.7 Å². The molecule has 2 aliphatic heterocycles. The number of aliphatic hydroxyl groups is 1. The van der Waals surface area contributed by atoms with Gasteiger partial charge in [-0.3, -0.25) is 0 Å². The van der Waals surface area contributed by atoms with E-state index in [0.717, 1.165) is 16.7 Å². The summed E-state index contributed by atoms with van der Waals surface area (Å²) in [5.41, 5.74) is 4.52. The topological polar surface area (TPSA) is 125 Å². The number of nitrogens with one attached hydrogen (secondary N) is 1. The van der Waals surface area contributed by atoms with E-state index in [0.29, 0.717) is 41.0 Å². The number of aryl methyl sites for hydroxylation is 3. The minimum Gasteiger partial charge on any atom is -0.468 e. The SMILES string of the molecule is Cc1noc(C)c1-c1cc(F)c2c(c1)CCC2Oc1nc2nc(O[C@@H]3CO[C@H]4[C@@H]3OC[C@H]4O)[nH]c2cc1Cl. The number of ether oxygens (including phenoxy) is 4. The Morgan fingerprint density at radius 1 is 1.11 bits per heavy atom. The van der Waals surface area contributed by atoms with Crippen LogP contribution in [0.5, 0.6) is 11.9 Å². The number of hydrogen-bond acceptors (Lipinski definition) is 9. The third-order valence-electron chi connectivity index (χ3n) is 7.41. The molecule has 0 saturated carbocycles. The first-order valence-corrected chi connectivity index (χ1v) is 12.8. The van der Waals surface area contributed by atoms with E-state index in [1.54, 1.807) is 6.07 Å². The average Bonchev–Trinajstić information content (AvgIpc) is 3.68. The fourth-order valence-corrected chi connectivity index (χ4v) is 5.87. The van der Waals surface area contributed by atoms with Crippen LogP contribution in [0.2, 0.25) is 5.02 Å². The van der Waals surface area contributed by atoms with Crippen molar-refractivity contribution in [2.24, 2.45) is 0 Å². The number of imidazole rings is 1. The number of hydrogen-bond donors (Lipinski definition) is 2. The standard InChI is InChI=1S/C26H24ClFN4O6/c1-10-20(11(2)38-32-10)13-5-12-3-4-18(21(12)15(28)6-13)36-25-14(27)7-16-24(30-25)31-26(29-16)37-19-9-35-22-17(33)8-34-23(19)22/h5-7,17-19,22-23,33H,3-4,8-9H2,1-2H3,(H,29,30,31)/t17-,18?,19-,22-,23-/m1/s1. The summed E-state index contributed by atoms with van der Waals surface area (Å²) in [6.45, 7) is 4.13. The van der Waals surface area contributed by atoms with Gasteiger partial charge in [0.25, 0.3) is 6.01 Å². The van der Waals surface area contributed by atoms with Gasteiger partial charge >= 0.3 is 0 Å². The Morgan fingerprint density at radius 3 is 2.76 bits per heavy atom. The van der Waals surface area contributed by atoms with Gasteiger partial charge in [-0.05, 0) is 49.9 Å². The zero-order chi connectivity index (χ0) is 26.1. The number of halogens is 2. The number of benzene rings is 1. The molecule has 38 heavy (non-hydrogen) atoms. The second kappa shape index (κ2) is 8.91. The summed E-state index contributed by atoms with van der Waals surface area (Å²) in [5, 5.41) is 14.2. The fourth-order valence-electron chi connectivity index (χ4n) is 5.67. The number of aliphatic hydroxyl groups excluding tert-OH is 1. The molecule has 3 aromatic heterocycles. The number of aromatic amines is 1. The van der Waals surface area contributed by atoms with E-state index < -0.39 is 24.4 Å². The Bertz CT molecular complexity index is 1540. The van der Waals surface area contributed by atoms with Gasteiger partial charge in [0.15, 0.2) is 11.8 Å². The molecule has 198 valence electrons. The number of pyridine rings is 1. The van der Waals surface area contributed by atoms with Crippen LogP contribution in [0.25, 0.3) is 22.3 Å². The molecule has 2 saturated heterocycles. The maximum absolute atomic E-state index is 15.4. The summed E-state index contributed by atoms with van der Waals surface area (Å²) in [7, 11) is 0. The Morgan fingerprint density at radius 2 is 1.95 bits per heavy atom. The van der Waals surface area contributed by atoms with E-state index in [1.165, 1.54) is 6.07 Å². The maximum Gasteiger partial charge on any atom is 0.296 e. The van der Waals surface area contributed by atoms with E-state index >= 15 is 4.39 Å². The lowest BCUT2D eigenvalue weighted by Gasteiger charge is -2.16. The molecule has 3 aliphatic rings. The van der Waals surface area contributed by atoms with Crippen LogP contribution >= 0.6 is 11.6 Å². The normalized spacial score (nSPS) is 26.2. The van der Waals surface area contributed by atoms with Crippen molar-refractivity contribution in [2.45, 2.75) is 57.2 Å². The van der Waals surface area contributed by atoms with Gasteiger partial charge in [-0.2, -0.15) is 9.97 Å². The largest absolute Gasteiger partial charge is 0.468 e. The van der Waals surface area contributed by atoms with Crippen LogP contribution in [0.1, 0.15) is 35.1 Å². The van der Waals surface area contributed by atoms with E-state index in [2.05, 4.69) is 20.1 Å². The summed E-state index contributed by atoms with van der Waals surface area (Å²) in [4.78, 5) is 11.9. The highest BCUT2D eigenvalue weighted by Gasteiger charge is 2.48. The first-order chi connectivity index (χ1) is 18.4. The molecule has 0 amide bonds. The highest BCUT2D eigenvalue weighted by molar-refractivity contribution is 6.32. The Balaban J connectivity index is 1.13. The predicted molar refractivity (Wildman–Crippen MR) is 132 cm³/mol. The number of rotatable bonds is 5. The third kappa shape index (κ3) is 3.84. The number of fused-ring (bicyclic) bond motifs is 3. The van der Waals surface area contributed by atoms with Crippen molar-refractivity contribution in [3.05, 3.63) is 51.6 Å². The van der Waals surface area contributed by atoms with Crippen LogP contribution in [0.4, 0.5) is 4.39 Å². The molecule has 0 spiro atoms. The molecule has 10 nitrogen and oxygen atoms in total. The van der Waals surface area contributed by atoms with Crippen LogP contribution in [0.3, 0.4) is 0 Å². The van der Waals surface area contributed by atoms with Crippen LogP contribution < -0.4 is 9.47 Å². The highest BCUT2D eigenvalue weighted by Crippen LogP contribution is 2.41. The summed E-state index contributed by atoms with van der Waals surface area (Å²) in [5.74, 6) is 0.452. The summed E-state index contributed by atoms with van der Waals surface area (Å²) >= 11 is 6.49. The summed E-state index contributed by atoms with van der Waals surface area (Å²) < 4.78 is 43.9. The lowest BCUT2D eigenvalue weighted by Crippen LogP contribution is -2.34. The second-order valence-corrected chi connectivity index (χ2v) is 10.3. The number of H-pyrrole nitrogens is 1. The van der Waals surface area contributed by atoms with E-state index in [-0.39, 0.29) is 42.0 Å². The molecule has 7 rings (SSSR count). The lowest BCUT2D eigenvalue weighted by atomic mass is 9.98. The molecule has 5 heterocycles. The van der Waals surface area contributed by atoms with Crippen molar-refractivity contribution in [3.63, 3.8) is 0 Å². The molecule has 0 radical (unpaired) electrons. The maximum atomic E-state index is 15.4. The molecule has 1 aromatic carbocycles. The van der Waals surface area contributed by atoms with Crippen LogP contribution in [-0.4, -0.2) is 62.8 Å². The van der Waals surface area contributed by atoms with Gasteiger partial charge in [0.05, 0.1) is 24.4 Å². The first-order valence-electron chi connectivity index (χ1n) is 12.4. The molecular formula is C26H24ClFN4O6. The predicted octanol–water partition coefficient (Wildman–Crippen LogP) is 3.99. The fraction of sp³-hybridized carbons (Fsp3) is 0.423. The van der Waals surface area contributed by atoms with Crippen LogP contribution in [0.15, 0.2) is 22.7 Å². The zero-order valence-electron chi connectivity index (χ0n) is 20.5. The van der Waals surface area contributed by atoms with E-state index in [9.17, 15) is 5.11 Å². The third-order valence-corrected chi connectivity index (χ3v) is 7.68. The van der Waals surface area contributed by atoms with Crippen molar-refractivity contribution < 1.29 is 33.0 Å². The average molecular weight is 543 g/mol. The minimum atomic E-state index is -0.669. The van der Waals surface area contributed by atoms with Crippen LogP contribution in [-0.2, 0) is 15.9 Å². The molecule has 12 heteroatoms. The highest BCUT2D eigenvalue weighted by atomic mass is 35.5. The molecule has 2 N–H and O–H groups in total. The number of nitrogens with zero attached hydrogens (tertiary/aromatic N) is 3. The molecule has 4 aromatic rings. The molecule has 1 unspecified atom stereocenters. The number of aromatic nitrogens is 4. The van der Waals surface area contributed by atoms with Crippen molar-refractivity contribution in [1.82, 2.24) is 20.1 Å². The smallest absolute Gasteiger partial charge is 0.296 e. The molecule has 2 fully saturated rings. The van der Waals surface area contributed by atoms with Gasteiger partial charge in [-0.25, -0.2) is 4.39 Å². The Hall–Kier alpha value is -3.25. The van der Waals surface area contributed by atoms with Crippen molar-refractivity contribution in [1.29, 1.82) is 0 Å². The first kappa shape index (κ1) is 23.8. The quantitative estimate of drug-likeness (QED) is 0.385. The van der Waals surface area contributed by atoms with Gasteiger partial charge in [-0.15, -0.1) is 0 Å². The monoisotopic (exact) mass is 542 g/mol. The van der Waals surface area contributed by atoms with Gasteiger partial charge in [0.2, 0.25) is 5.88 Å². The minimum absolute atomic E-state index is 0.163. The molecule has 5 atom stereocenters. The van der Waals surface area contributed by atoms with Gasteiger partial charge in [0.1, 0.15) is 41.0 Å². The second-order valence-electron chi connectivity index (χ2n) is 9.88. The van der Waals surface area contributed by atoms with Crippen molar-refractivity contribution in [2.75, 3.05) is 13.2 Å². The summed E-state index contributed by atoms with van der Waals surface area (Å²) in [6, 6.07) is 5.33. The van der Waals surface area contributed by atoms with Crippen molar-refractivity contribution in [3.8, 4) is 23.0 Å². The summed E-state index contributed by atoms with van der Waals surface area (Å²) in [6.07, 6.45) is -1.18. The molecule has 0 bridgehead atoms. The van der Waals surface area contributed by atoms with Crippen molar-refractivity contribution >= 4 is 22.8 Å². The van der Waals surface area contributed by atoms with Gasteiger partial charge in [0, 0.05) is 11.1 Å². The Kier molecular flexibility index (Phi) is 5.59. The molecular weight excluding hydrogens is 519 g/mol. The zero-order valence-corrected chi connectivity index (χ0v) is 21.3.